The van der Waals surface area contributed by atoms with Gasteiger partial charge in [0.15, 0.2) is 0 Å². The first-order valence-electron chi connectivity index (χ1n) is 6.49. The van der Waals surface area contributed by atoms with Gasteiger partial charge in [0, 0.05) is 21.3 Å². The molecule has 4 heteroatoms. The lowest BCUT2D eigenvalue weighted by Gasteiger charge is -2.22. The first-order valence-corrected chi connectivity index (χ1v) is 8.16. The Hall–Kier alpha value is 0.1000. The number of nitrogens with one attached hydrogen (secondary N) is 2. The molecule has 1 aliphatic rings. The SMILES string of the molecule is Brc1csc(CNCCCC2CCCNC2)c1. The summed E-state index contributed by atoms with van der Waals surface area (Å²) in [6, 6.07) is 2.20. The molecule has 1 aliphatic heterocycles. The molecule has 0 spiro atoms. The molecule has 2 nitrogen and oxygen atoms in total. The number of piperidine rings is 1. The van der Waals surface area contributed by atoms with Crippen LogP contribution in [0.25, 0.3) is 0 Å². The van der Waals surface area contributed by atoms with Gasteiger partial charge in [0.1, 0.15) is 0 Å². The van der Waals surface area contributed by atoms with E-state index in [9.17, 15) is 0 Å². The van der Waals surface area contributed by atoms with E-state index in [0.29, 0.717) is 0 Å². The average molecular weight is 317 g/mol. The van der Waals surface area contributed by atoms with E-state index in [1.165, 1.54) is 48.1 Å². The lowest BCUT2D eigenvalue weighted by Crippen LogP contribution is -2.30. The molecule has 96 valence electrons. The average Bonchev–Trinajstić information content (AvgIpc) is 2.76. The van der Waals surface area contributed by atoms with Crippen LogP contribution in [-0.2, 0) is 6.54 Å². The maximum atomic E-state index is 3.52. The van der Waals surface area contributed by atoms with Gasteiger partial charge in [0.25, 0.3) is 0 Å². The highest BCUT2D eigenvalue weighted by atomic mass is 79.9. The predicted molar refractivity (Wildman–Crippen MR) is 78.6 cm³/mol. The predicted octanol–water partition coefficient (Wildman–Crippen LogP) is 3.38. The van der Waals surface area contributed by atoms with Gasteiger partial charge in [-0.05, 0) is 73.2 Å². The summed E-state index contributed by atoms with van der Waals surface area (Å²) >= 11 is 5.30. The molecule has 2 heterocycles. The topological polar surface area (TPSA) is 24.1 Å². The molecule has 1 atom stereocenters. The fourth-order valence-corrected chi connectivity index (χ4v) is 3.76. The van der Waals surface area contributed by atoms with Crippen LogP contribution in [0, 0.1) is 5.92 Å². The van der Waals surface area contributed by atoms with Crippen molar-refractivity contribution < 1.29 is 0 Å². The second-order valence-electron chi connectivity index (χ2n) is 4.76. The summed E-state index contributed by atoms with van der Waals surface area (Å²) in [6.07, 6.45) is 5.46. The van der Waals surface area contributed by atoms with Gasteiger partial charge in [-0.25, -0.2) is 0 Å². The summed E-state index contributed by atoms with van der Waals surface area (Å²) in [5.74, 6) is 0.918. The van der Waals surface area contributed by atoms with Crippen molar-refractivity contribution in [3.05, 3.63) is 20.8 Å². The second kappa shape index (κ2) is 7.52. The molecule has 1 aromatic rings. The van der Waals surface area contributed by atoms with Crippen molar-refractivity contribution >= 4 is 27.3 Å². The van der Waals surface area contributed by atoms with E-state index in [-0.39, 0.29) is 0 Å². The van der Waals surface area contributed by atoms with Crippen LogP contribution < -0.4 is 10.6 Å². The summed E-state index contributed by atoms with van der Waals surface area (Å²) < 4.78 is 1.20. The molecular formula is C13H21BrN2S. The Bertz CT molecular complexity index is 321. The molecule has 1 fully saturated rings. The summed E-state index contributed by atoms with van der Waals surface area (Å²) in [6.45, 7) is 4.62. The molecule has 2 N–H and O–H groups in total. The third-order valence-electron chi connectivity index (χ3n) is 3.29. The van der Waals surface area contributed by atoms with Gasteiger partial charge in [-0.1, -0.05) is 0 Å². The monoisotopic (exact) mass is 316 g/mol. The van der Waals surface area contributed by atoms with Crippen LogP contribution in [0.1, 0.15) is 30.6 Å². The summed E-state index contributed by atoms with van der Waals surface area (Å²) in [4.78, 5) is 1.41. The number of rotatable bonds is 6. The molecule has 0 saturated carbocycles. The summed E-state index contributed by atoms with van der Waals surface area (Å²) in [5, 5.41) is 9.15. The smallest absolute Gasteiger partial charge is 0.0300 e. The van der Waals surface area contributed by atoms with Crippen molar-refractivity contribution in [3.63, 3.8) is 0 Å². The van der Waals surface area contributed by atoms with Crippen molar-refractivity contribution in [2.75, 3.05) is 19.6 Å². The molecule has 1 unspecified atom stereocenters. The van der Waals surface area contributed by atoms with E-state index in [2.05, 4.69) is 38.0 Å². The van der Waals surface area contributed by atoms with Gasteiger partial charge in [-0.15, -0.1) is 11.3 Å². The zero-order valence-corrected chi connectivity index (χ0v) is 12.6. The van der Waals surface area contributed by atoms with Gasteiger partial charge in [-0.2, -0.15) is 0 Å². The van der Waals surface area contributed by atoms with E-state index in [4.69, 9.17) is 0 Å². The first-order chi connectivity index (χ1) is 8.34. The lowest BCUT2D eigenvalue weighted by molar-refractivity contribution is 0.348. The Balaban J connectivity index is 1.51. The maximum absolute atomic E-state index is 3.52. The van der Waals surface area contributed by atoms with E-state index in [1.807, 2.05) is 11.3 Å². The zero-order chi connectivity index (χ0) is 11.9. The van der Waals surface area contributed by atoms with Crippen molar-refractivity contribution in [1.29, 1.82) is 0 Å². The molecule has 1 aromatic heterocycles. The summed E-state index contributed by atoms with van der Waals surface area (Å²) in [7, 11) is 0. The molecule has 1 saturated heterocycles. The number of hydrogen-bond donors (Lipinski definition) is 2. The van der Waals surface area contributed by atoms with E-state index >= 15 is 0 Å². The fraction of sp³-hybridized carbons (Fsp3) is 0.692. The molecule has 0 aliphatic carbocycles. The molecular weight excluding hydrogens is 296 g/mol. The van der Waals surface area contributed by atoms with Gasteiger partial charge in [0.05, 0.1) is 0 Å². The van der Waals surface area contributed by atoms with Crippen molar-refractivity contribution in [1.82, 2.24) is 10.6 Å². The van der Waals surface area contributed by atoms with Crippen LogP contribution in [0.5, 0.6) is 0 Å². The van der Waals surface area contributed by atoms with Crippen LogP contribution in [0.3, 0.4) is 0 Å². The van der Waals surface area contributed by atoms with Crippen LogP contribution in [-0.4, -0.2) is 19.6 Å². The molecule has 0 amide bonds. The van der Waals surface area contributed by atoms with Crippen molar-refractivity contribution in [2.24, 2.45) is 5.92 Å². The lowest BCUT2D eigenvalue weighted by atomic mass is 9.95. The number of halogens is 1. The minimum absolute atomic E-state index is 0.918. The van der Waals surface area contributed by atoms with Crippen molar-refractivity contribution in [3.8, 4) is 0 Å². The van der Waals surface area contributed by atoms with Crippen LogP contribution in [0.2, 0.25) is 0 Å². The molecule has 0 radical (unpaired) electrons. The quantitative estimate of drug-likeness (QED) is 0.786. The van der Waals surface area contributed by atoms with Crippen LogP contribution >= 0.6 is 27.3 Å². The molecule has 2 rings (SSSR count). The zero-order valence-electron chi connectivity index (χ0n) is 10.2. The van der Waals surface area contributed by atoms with E-state index in [1.54, 1.807) is 0 Å². The third-order valence-corrected chi connectivity index (χ3v) is 4.98. The van der Waals surface area contributed by atoms with Crippen LogP contribution in [0.15, 0.2) is 15.9 Å². The van der Waals surface area contributed by atoms with Crippen molar-refractivity contribution in [2.45, 2.75) is 32.2 Å². The Morgan fingerprint density at radius 1 is 1.53 bits per heavy atom. The largest absolute Gasteiger partial charge is 0.316 e. The van der Waals surface area contributed by atoms with Crippen LogP contribution in [0.4, 0.5) is 0 Å². The number of thiophene rings is 1. The minimum atomic E-state index is 0.918. The van der Waals surface area contributed by atoms with Gasteiger partial charge < -0.3 is 10.6 Å². The Morgan fingerprint density at radius 3 is 3.18 bits per heavy atom. The van der Waals surface area contributed by atoms with E-state index < -0.39 is 0 Å². The highest BCUT2D eigenvalue weighted by Gasteiger charge is 2.11. The Kier molecular flexibility index (Phi) is 5.98. The standard InChI is InChI=1S/C13H21BrN2S/c14-12-7-13(17-10-12)9-16-6-2-4-11-3-1-5-15-8-11/h7,10-11,15-16H,1-6,8-9H2. The minimum Gasteiger partial charge on any atom is -0.316 e. The molecule has 17 heavy (non-hydrogen) atoms. The fourth-order valence-electron chi connectivity index (χ4n) is 2.34. The van der Waals surface area contributed by atoms with Gasteiger partial charge in [0.2, 0.25) is 0 Å². The Labute approximate surface area is 116 Å². The van der Waals surface area contributed by atoms with Gasteiger partial charge in [-0.3, -0.25) is 0 Å². The second-order valence-corrected chi connectivity index (χ2v) is 6.67. The normalized spacial score (nSPS) is 20.6. The highest BCUT2D eigenvalue weighted by Crippen LogP contribution is 2.19. The molecule has 0 bridgehead atoms. The highest BCUT2D eigenvalue weighted by molar-refractivity contribution is 9.10. The number of hydrogen-bond acceptors (Lipinski definition) is 3. The van der Waals surface area contributed by atoms with Gasteiger partial charge >= 0.3 is 0 Å². The molecule has 0 aromatic carbocycles. The summed E-state index contributed by atoms with van der Waals surface area (Å²) in [5.41, 5.74) is 0. The van der Waals surface area contributed by atoms with E-state index in [0.717, 1.165) is 19.0 Å². The Morgan fingerprint density at radius 2 is 2.47 bits per heavy atom. The maximum Gasteiger partial charge on any atom is 0.0300 e. The first kappa shape index (κ1) is 13.5. The third kappa shape index (κ3) is 5.08.